The van der Waals surface area contributed by atoms with Crippen LogP contribution in [0.1, 0.15) is 58.4 Å². The van der Waals surface area contributed by atoms with Gasteiger partial charge in [-0.1, -0.05) is 205 Å². The Hall–Kier alpha value is -13.7. The molecule has 0 saturated carbocycles. The minimum absolute atomic E-state index is 0.0993. The van der Waals surface area contributed by atoms with E-state index in [0.717, 1.165) is 0 Å². The molecule has 6 amide bonds. The molecule has 0 bridgehead atoms. The van der Waals surface area contributed by atoms with Crippen LogP contribution in [-0.2, 0) is 118 Å². The molecule has 0 atom stereocenters. The van der Waals surface area contributed by atoms with E-state index in [4.69, 9.17) is 37.9 Å². The molecule has 0 unspecified atom stereocenters. The predicted molar refractivity (Wildman–Crippen MR) is 366 cm³/mol. The van der Waals surface area contributed by atoms with Crippen molar-refractivity contribution in [1.82, 2.24) is 19.8 Å². The molecule has 104 heavy (non-hydrogen) atoms. The maximum absolute atomic E-state index is 15.8. The second-order valence-electron chi connectivity index (χ2n) is 23.1. The molecule has 514 valence electrons. The molecule has 4 aliphatic heterocycles. The van der Waals surface area contributed by atoms with Crippen molar-refractivity contribution >= 4 is 104 Å². The Morgan fingerprint density at radius 2 is 0.673 bits per heavy atom. The first-order chi connectivity index (χ1) is 50.4. The van der Waals surface area contributed by atoms with E-state index in [-0.39, 0.29) is 55.0 Å². The van der Waals surface area contributed by atoms with Crippen LogP contribution >= 0.6 is 22.7 Å². The molecule has 6 heterocycles. The van der Waals surface area contributed by atoms with Crippen molar-refractivity contribution < 1.29 is 85.8 Å². The third-order valence-corrected chi connectivity index (χ3v) is 18.5. The van der Waals surface area contributed by atoms with Crippen LogP contribution in [0.4, 0.5) is 19.9 Å². The maximum atomic E-state index is 15.8. The van der Waals surface area contributed by atoms with Crippen LogP contribution < -0.4 is 9.47 Å². The Labute approximate surface area is 597 Å². The van der Waals surface area contributed by atoms with Gasteiger partial charge in [0.25, 0.3) is 23.6 Å². The lowest BCUT2D eigenvalue weighted by atomic mass is 9.79. The van der Waals surface area contributed by atoms with Crippen LogP contribution in [0.3, 0.4) is 0 Å². The van der Waals surface area contributed by atoms with Gasteiger partial charge < -0.3 is 37.9 Å². The Bertz CT molecular complexity index is 4820. The van der Waals surface area contributed by atoms with E-state index in [9.17, 15) is 39.3 Å². The summed E-state index contributed by atoms with van der Waals surface area (Å²) >= 11 is 1.24. The van der Waals surface area contributed by atoms with Crippen molar-refractivity contribution in [2.45, 2.75) is 64.7 Å². The molecule has 26 nitrogen and oxygen atoms in total. The van der Waals surface area contributed by atoms with E-state index >= 15 is 19.2 Å². The molecule has 28 heteroatoms. The standard InChI is InChI=1S/C76H50N8O18S2/c1-43-53(35-77)63(85)83(73(93)99-41-49-29-17-7-18-30-49)65(87)57(43)79-71-81-61-59(103-71)51-33-56-52(34-55(51)75(101-61,67(89)95-37-45-21-9-3-10-22-45)68(90)96-38-46-23-11-4-12-24-46)60-62(102-76(56,69(91)97-39-47-25-13-5-14-26-47)70(92)98-40-48-27-15-6-16-28-48)82-72(104-60)80-58-44(2)54(36-78)64(86)84(66(58)88)74(94)100-42-50-31-19-8-20-32-50/h3-34H,37-42H2,1-2H3/b79-57+,80-58+. The Morgan fingerprint density at radius 3 is 0.933 bits per heavy atom. The number of benzene rings is 7. The minimum Gasteiger partial charge on any atom is -0.457 e. The average molecular weight is 1430 g/mol. The second kappa shape index (κ2) is 29.2. The summed E-state index contributed by atoms with van der Waals surface area (Å²) in [4.78, 5) is 166. The average Bonchev–Trinajstić information content (AvgIpc) is 1.22. The number of esters is 4. The van der Waals surface area contributed by atoms with Gasteiger partial charge in [-0.3, -0.25) is 19.2 Å². The van der Waals surface area contributed by atoms with Crippen LogP contribution in [0, 0.1) is 22.7 Å². The number of nitrogens with zero attached hydrogens (tertiary/aromatic N) is 8. The lowest BCUT2D eigenvalue weighted by Gasteiger charge is -2.38. The largest absolute Gasteiger partial charge is 0.457 e. The fourth-order valence-corrected chi connectivity index (χ4v) is 13.1. The highest BCUT2D eigenvalue weighted by Gasteiger charge is 2.63. The summed E-state index contributed by atoms with van der Waals surface area (Å²) in [5, 5.41) is 19.9. The number of fused-ring (bicyclic) bond motifs is 6. The van der Waals surface area contributed by atoms with Gasteiger partial charge in [0, 0.05) is 33.4 Å². The minimum atomic E-state index is -3.15. The highest BCUT2D eigenvalue weighted by atomic mass is 32.1. The number of amides is 6. The Balaban J connectivity index is 1.04. The van der Waals surface area contributed by atoms with Crippen LogP contribution in [0.5, 0.6) is 11.8 Å². The molecule has 2 aromatic heterocycles. The third kappa shape index (κ3) is 13.1. The molecule has 0 fully saturated rings. The molecule has 4 aliphatic rings. The lowest BCUT2D eigenvalue weighted by Crippen LogP contribution is -2.54. The van der Waals surface area contributed by atoms with Crippen molar-refractivity contribution in [3.63, 3.8) is 0 Å². The summed E-state index contributed by atoms with van der Waals surface area (Å²) in [7, 11) is 0. The Kier molecular flexibility index (Phi) is 19.3. The quantitative estimate of drug-likeness (QED) is 0.0333. The number of carbonyl (C=O) groups excluding carboxylic acids is 10. The molecule has 13 rings (SSSR count). The van der Waals surface area contributed by atoms with E-state index in [1.54, 1.807) is 194 Å². The van der Waals surface area contributed by atoms with Gasteiger partial charge >= 0.3 is 47.3 Å². The van der Waals surface area contributed by atoms with E-state index < -0.39 is 153 Å². The first-order valence-corrected chi connectivity index (χ1v) is 33.1. The summed E-state index contributed by atoms with van der Waals surface area (Å²) in [6.45, 7) is -0.295. The molecule has 0 aliphatic carbocycles. The van der Waals surface area contributed by atoms with E-state index in [1.165, 1.54) is 26.0 Å². The van der Waals surface area contributed by atoms with Gasteiger partial charge in [0.15, 0.2) is 0 Å². The van der Waals surface area contributed by atoms with Crippen molar-refractivity contribution in [3.8, 4) is 44.8 Å². The number of aromatic nitrogens is 2. The smallest absolute Gasteiger partial charge is 0.424 e. The predicted octanol–water partition coefficient (Wildman–Crippen LogP) is 11.3. The topological polar surface area (TPSA) is 349 Å². The molecule has 0 spiro atoms. The molecule has 0 saturated heterocycles. The monoisotopic (exact) mass is 1430 g/mol. The van der Waals surface area contributed by atoms with Crippen molar-refractivity contribution in [2.24, 2.45) is 9.98 Å². The number of carbonyl (C=O) groups is 10. The summed E-state index contributed by atoms with van der Waals surface area (Å²) in [6.07, 6.45) is -2.90. The fourth-order valence-electron chi connectivity index (χ4n) is 11.3. The number of thiazole rings is 2. The number of ether oxygens (including phenoxy) is 8. The van der Waals surface area contributed by atoms with Crippen LogP contribution in [0.15, 0.2) is 226 Å². The van der Waals surface area contributed by atoms with E-state index in [2.05, 4.69) is 20.0 Å². The zero-order valence-corrected chi connectivity index (χ0v) is 56.1. The van der Waals surface area contributed by atoms with Crippen molar-refractivity contribution in [1.29, 1.82) is 10.5 Å². The maximum Gasteiger partial charge on any atom is 0.424 e. The third-order valence-electron chi connectivity index (χ3n) is 16.6. The number of hydrogen-bond donors (Lipinski definition) is 0. The van der Waals surface area contributed by atoms with Crippen LogP contribution in [0.25, 0.3) is 20.9 Å². The molecular weight excluding hydrogens is 1380 g/mol. The SMILES string of the molecule is CC1=C(C#N)C(=O)N(C(=O)OCc2ccccc2)C(=O)/C1=N/c1nc2c(s1)-c1cc3c(cc1C(C(=O)OCc1ccccc1)(C(=O)OCc1ccccc1)O2)-c1sc(/N=C2/C(=O)N(C(=O)OCc4ccccc4)C(=O)C(C#N)=C2C)nc1OC3(C(=O)OCc1ccccc1)C(=O)OCc1ccccc1. The van der Waals surface area contributed by atoms with Gasteiger partial charge in [-0.15, -0.1) is 0 Å². The zero-order chi connectivity index (χ0) is 72.8. The van der Waals surface area contributed by atoms with E-state index in [0.29, 0.717) is 56.1 Å². The van der Waals surface area contributed by atoms with Gasteiger partial charge in [0.1, 0.15) is 84.1 Å². The number of hydrogen-bond acceptors (Lipinski definition) is 26. The van der Waals surface area contributed by atoms with E-state index in [1.807, 2.05) is 0 Å². The second-order valence-corrected chi connectivity index (χ2v) is 25.1. The normalized spacial score (nSPS) is 15.4. The number of aliphatic imine (C=N–C) groups is 2. The Morgan fingerprint density at radius 1 is 0.413 bits per heavy atom. The number of rotatable bonds is 18. The summed E-state index contributed by atoms with van der Waals surface area (Å²) in [6, 6.07) is 55.8. The molecule has 9 aromatic rings. The van der Waals surface area contributed by atoms with Gasteiger partial charge in [-0.25, -0.2) is 38.8 Å². The summed E-state index contributed by atoms with van der Waals surface area (Å²) in [5.74, 6) is -12.2. The summed E-state index contributed by atoms with van der Waals surface area (Å²) in [5.41, 5.74) is -8.23. The highest BCUT2D eigenvalue weighted by Crippen LogP contribution is 2.58. The van der Waals surface area contributed by atoms with Crippen LogP contribution in [0.2, 0.25) is 0 Å². The first-order valence-electron chi connectivity index (χ1n) is 31.4. The van der Waals surface area contributed by atoms with Gasteiger partial charge in [-0.2, -0.15) is 30.3 Å². The van der Waals surface area contributed by atoms with Gasteiger partial charge in [0.2, 0.25) is 22.0 Å². The molecule has 0 N–H and O–H groups in total. The van der Waals surface area contributed by atoms with Crippen LogP contribution in [-0.4, -0.2) is 90.9 Å². The zero-order valence-electron chi connectivity index (χ0n) is 54.5. The number of imide groups is 6. The van der Waals surface area contributed by atoms with Crippen molar-refractivity contribution in [3.05, 3.63) is 261 Å². The lowest BCUT2D eigenvalue weighted by molar-refractivity contribution is -0.185. The number of nitriles is 2. The van der Waals surface area contributed by atoms with Gasteiger partial charge in [-0.05, 0) is 59.4 Å². The van der Waals surface area contributed by atoms with Gasteiger partial charge in [0.05, 0.1) is 0 Å². The molecular formula is C76H50N8O18S2. The van der Waals surface area contributed by atoms with Crippen molar-refractivity contribution in [2.75, 3.05) is 0 Å². The first kappa shape index (κ1) is 68.8. The molecule has 7 aromatic carbocycles. The molecule has 0 radical (unpaired) electrons. The fraction of sp³-hybridized carbons (Fsp3) is 0.132. The summed E-state index contributed by atoms with van der Waals surface area (Å²) < 4.78 is 48.4. The highest BCUT2D eigenvalue weighted by molar-refractivity contribution is 7.19.